The van der Waals surface area contributed by atoms with Crippen LogP contribution in [0, 0.1) is 19.7 Å². The van der Waals surface area contributed by atoms with Crippen molar-refractivity contribution in [1.29, 1.82) is 0 Å². The molecule has 0 bridgehead atoms. The van der Waals surface area contributed by atoms with E-state index >= 15 is 0 Å². The number of nitrogens with one attached hydrogen (secondary N) is 2. The van der Waals surface area contributed by atoms with E-state index in [1.807, 2.05) is 26.0 Å². The molecule has 0 saturated heterocycles. The van der Waals surface area contributed by atoms with Crippen LogP contribution in [0.25, 0.3) is 0 Å². The van der Waals surface area contributed by atoms with Crippen molar-refractivity contribution < 1.29 is 4.39 Å². The first kappa shape index (κ1) is 14.9. The second kappa shape index (κ2) is 6.39. The van der Waals surface area contributed by atoms with Crippen LogP contribution in [0.15, 0.2) is 48.7 Å². The summed E-state index contributed by atoms with van der Waals surface area (Å²) >= 11 is 0. The van der Waals surface area contributed by atoms with Crippen LogP contribution < -0.4 is 10.6 Å². The fraction of sp³-hybridized carbons (Fsp3) is 0.118. The molecule has 0 amide bonds. The van der Waals surface area contributed by atoms with Gasteiger partial charge in [0.1, 0.15) is 5.82 Å². The lowest BCUT2D eigenvalue weighted by Crippen LogP contribution is -2.03. The Kier molecular flexibility index (Phi) is 4.14. The van der Waals surface area contributed by atoms with Crippen LogP contribution in [0.3, 0.4) is 0 Å². The Morgan fingerprint density at radius 3 is 2.65 bits per heavy atom. The van der Waals surface area contributed by atoms with E-state index < -0.39 is 0 Å². The maximum atomic E-state index is 13.2. The van der Waals surface area contributed by atoms with Crippen LogP contribution in [-0.2, 0) is 0 Å². The van der Waals surface area contributed by atoms with E-state index in [4.69, 9.17) is 0 Å². The van der Waals surface area contributed by atoms with Gasteiger partial charge in [0.15, 0.2) is 5.82 Å². The maximum Gasteiger partial charge on any atom is 0.249 e. The third kappa shape index (κ3) is 3.79. The normalized spacial score (nSPS) is 10.4. The lowest BCUT2D eigenvalue weighted by Gasteiger charge is -2.10. The first-order chi connectivity index (χ1) is 11.1. The number of hydrogen-bond acceptors (Lipinski definition) is 5. The van der Waals surface area contributed by atoms with Gasteiger partial charge in [-0.2, -0.15) is 10.1 Å². The second-order valence-electron chi connectivity index (χ2n) is 5.24. The van der Waals surface area contributed by atoms with Crippen molar-refractivity contribution in [3.05, 3.63) is 65.6 Å². The zero-order chi connectivity index (χ0) is 16.2. The number of hydrogen-bond donors (Lipinski definition) is 2. The summed E-state index contributed by atoms with van der Waals surface area (Å²) in [6, 6.07) is 12.2. The van der Waals surface area contributed by atoms with Gasteiger partial charge in [0.2, 0.25) is 5.95 Å². The van der Waals surface area contributed by atoms with Gasteiger partial charge in [0.25, 0.3) is 0 Å². The molecule has 0 aliphatic heterocycles. The third-order valence-electron chi connectivity index (χ3n) is 3.28. The van der Waals surface area contributed by atoms with Gasteiger partial charge in [-0.1, -0.05) is 23.8 Å². The number of rotatable bonds is 4. The SMILES string of the molecule is Cc1ccc(Nc2nncc(Nc3cccc(F)c3)n2)c(C)c1. The maximum absolute atomic E-state index is 13.2. The minimum absolute atomic E-state index is 0.314. The van der Waals surface area contributed by atoms with E-state index in [2.05, 4.69) is 31.9 Å². The minimum atomic E-state index is -0.314. The molecule has 0 aliphatic rings. The van der Waals surface area contributed by atoms with E-state index in [-0.39, 0.29) is 5.82 Å². The van der Waals surface area contributed by atoms with Crippen molar-refractivity contribution in [2.24, 2.45) is 0 Å². The smallest absolute Gasteiger partial charge is 0.249 e. The van der Waals surface area contributed by atoms with Gasteiger partial charge in [-0.15, -0.1) is 5.10 Å². The van der Waals surface area contributed by atoms with Gasteiger partial charge in [-0.25, -0.2) is 4.39 Å². The Balaban J connectivity index is 1.79. The number of aryl methyl sites for hydroxylation is 2. The van der Waals surface area contributed by atoms with E-state index in [0.717, 1.165) is 11.3 Å². The zero-order valence-electron chi connectivity index (χ0n) is 12.8. The Bertz CT molecular complexity index is 835. The second-order valence-corrected chi connectivity index (χ2v) is 5.24. The molecular formula is C17H16FN5. The third-order valence-corrected chi connectivity index (χ3v) is 3.28. The topological polar surface area (TPSA) is 62.7 Å². The van der Waals surface area contributed by atoms with Gasteiger partial charge in [-0.05, 0) is 43.7 Å². The van der Waals surface area contributed by atoms with Crippen molar-refractivity contribution in [2.45, 2.75) is 13.8 Å². The van der Waals surface area contributed by atoms with Crippen molar-refractivity contribution in [3.8, 4) is 0 Å². The molecule has 0 atom stereocenters. The summed E-state index contributed by atoms with van der Waals surface area (Å²) in [5, 5.41) is 14.0. The van der Waals surface area contributed by atoms with Crippen molar-refractivity contribution in [2.75, 3.05) is 10.6 Å². The zero-order valence-corrected chi connectivity index (χ0v) is 12.8. The van der Waals surface area contributed by atoms with Crippen LogP contribution in [0.2, 0.25) is 0 Å². The molecule has 0 unspecified atom stereocenters. The highest BCUT2D eigenvalue weighted by Gasteiger charge is 2.04. The number of benzene rings is 2. The van der Waals surface area contributed by atoms with Crippen molar-refractivity contribution >= 4 is 23.1 Å². The molecule has 0 radical (unpaired) electrons. The molecule has 23 heavy (non-hydrogen) atoms. The summed E-state index contributed by atoms with van der Waals surface area (Å²) in [6.07, 6.45) is 1.48. The molecule has 0 fully saturated rings. The molecule has 2 aromatic carbocycles. The lowest BCUT2D eigenvalue weighted by molar-refractivity contribution is 0.628. The molecule has 5 nitrogen and oxygen atoms in total. The summed E-state index contributed by atoms with van der Waals surface area (Å²) < 4.78 is 13.2. The lowest BCUT2D eigenvalue weighted by atomic mass is 10.1. The average molecular weight is 309 g/mol. The fourth-order valence-electron chi connectivity index (χ4n) is 2.21. The molecule has 0 saturated carbocycles. The van der Waals surface area contributed by atoms with E-state index in [1.54, 1.807) is 12.1 Å². The molecule has 1 heterocycles. The molecule has 3 rings (SSSR count). The first-order valence-electron chi connectivity index (χ1n) is 7.17. The van der Waals surface area contributed by atoms with Crippen molar-refractivity contribution in [3.63, 3.8) is 0 Å². The average Bonchev–Trinajstić information content (AvgIpc) is 2.51. The van der Waals surface area contributed by atoms with Crippen LogP contribution in [0.5, 0.6) is 0 Å². The van der Waals surface area contributed by atoms with E-state index in [0.29, 0.717) is 17.5 Å². The van der Waals surface area contributed by atoms with Gasteiger partial charge in [0.05, 0.1) is 6.20 Å². The van der Waals surface area contributed by atoms with Gasteiger partial charge < -0.3 is 10.6 Å². The highest BCUT2D eigenvalue weighted by molar-refractivity contribution is 5.61. The summed E-state index contributed by atoms with van der Waals surface area (Å²) in [5.74, 6) is 0.543. The van der Waals surface area contributed by atoms with Crippen LogP contribution in [0.1, 0.15) is 11.1 Å². The molecule has 2 N–H and O–H groups in total. The molecule has 6 heteroatoms. The van der Waals surface area contributed by atoms with Gasteiger partial charge >= 0.3 is 0 Å². The molecule has 116 valence electrons. The molecule has 1 aromatic heterocycles. The van der Waals surface area contributed by atoms with E-state index in [1.165, 1.54) is 23.9 Å². The molecular weight excluding hydrogens is 293 g/mol. The standard InChI is InChI=1S/C17H16FN5/c1-11-6-7-15(12(2)8-11)21-17-22-16(10-19-23-17)20-14-5-3-4-13(18)9-14/h3-10H,1-2H3,(H2,20,21,22,23). The van der Waals surface area contributed by atoms with Crippen LogP contribution in [0.4, 0.5) is 27.5 Å². The number of aromatic nitrogens is 3. The first-order valence-corrected chi connectivity index (χ1v) is 7.17. The predicted octanol–water partition coefficient (Wildman–Crippen LogP) is 4.11. The van der Waals surface area contributed by atoms with Crippen LogP contribution >= 0.6 is 0 Å². The number of halogens is 1. The monoisotopic (exact) mass is 309 g/mol. The summed E-state index contributed by atoms with van der Waals surface area (Å²) in [5.41, 5.74) is 3.80. The predicted molar refractivity (Wildman–Crippen MR) is 88.7 cm³/mol. The molecule has 3 aromatic rings. The Morgan fingerprint density at radius 1 is 1.00 bits per heavy atom. The Hall–Kier alpha value is -3.02. The Morgan fingerprint density at radius 2 is 1.87 bits per heavy atom. The largest absolute Gasteiger partial charge is 0.339 e. The van der Waals surface area contributed by atoms with E-state index in [9.17, 15) is 4.39 Å². The number of nitrogens with zero attached hydrogens (tertiary/aromatic N) is 3. The van der Waals surface area contributed by atoms with Gasteiger partial charge in [0, 0.05) is 11.4 Å². The van der Waals surface area contributed by atoms with Crippen molar-refractivity contribution in [1.82, 2.24) is 15.2 Å². The minimum Gasteiger partial charge on any atom is -0.339 e. The van der Waals surface area contributed by atoms with Crippen LogP contribution in [-0.4, -0.2) is 15.2 Å². The highest BCUT2D eigenvalue weighted by atomic mass is 19.1. The van der Waals surface area contributed by atoms with Gasteiger partial charge in [-0.3, -0.25) is 0 Å². The molecule has 0 aliphatic carbocycles. The fourth-order valence-corrected chi connectivity index (χ4v) is 2.21. The summed E-state index contributed by atoms with van der Waals surface area (Å²) in [6.45, 7) is 4.05. The molecule has 0 spiro atoms. The quantitative estimate of drug-likeness (QED) is 0.759. The Labute approximate surface area is 133 Å². The summed E-state index contributed by atoms with van der Waals surface area (Å²) in [7, 11) is 0. The highest BCUT2D eigenvalue weighted by Crippen LogP contribution is 2.20. The number of anilines is 4. The summed E-state index contributed by atoms with van der Waals surface area (Å²) in [4.78, 5) is 4.34.